The smallest absolute Gasteiger partial charge is 0.354 e. The van der Waals surface area contributed by atoms with E-state index in [1.807, 2.05) is 13.8 Å². The van der Waals surface area contributed by atoms with E-state index >= 15 is 0 Å². The molecule has 0 aliphatic heterocycles. The van der Waals surface area contributed by atoms with Crippen LogP contribution in [0.25, 0.3) is 0 Å². The van der Waals surface area contributed by atoms with Gasteiger partial charge >= 0.3 is 5.97 Å². The molecule has 1 aliphatic carbocycles. The molecule has 0 N–H and O–H groups in total. The number of ketones is 1. The zero-order valence-electron chi connectivity index (χ0n) is 19.0. The third kappa shape index (κ3) is 4.09. The minimum atomic E-state index is -0.665. The topological polar surface area (TPSA) is 77.8 Å². The van der Waals surface area contributed by atoms with Crippen molar-refractivity contribution in [3.8, 4) is 5.75 Å². The predicted molar refractivity (Wildman–Crippen MR) is 117 cm³/mol. The van der Waals surface area contributed by atoms with Crippen LogP contribution >= 0.6 is 0 Å². The second-order valence-electron chi connectivity index (χ2n) is 7.89. The first kappa shape index (κ1) is 22.6. The fourth-order valence-corrected chi connectivity index (χ4v) is 4.26. The molecule has 1 heterocycles. The Labute approximate surface area is 182 Å². The molecule has 1 atom stereocenters. The van der Waals surface area contributed by atoms with Gasteiger partial charge in [0.15, 0.2) is 5.78 Å². The summed E-state index contributed by atoms with van der Waals surface area (Å²) in [7, 11) is 2.88. The molecule has 31 heavy (non-hydrogen) atoms. The van der Waals surface area contributed by atoms with Crippen molar-refractivity contribution in [3.63, 3.8) is 0 Å². The monoisotopic (exact) mass is 426 g/mol. The van der Waals surface area contributed by atoms with E-state index < -0.39 is 12.0 Å². The van der Waals surface area contributed by atoms with E-state index in [2.05, 4.69) is 0 Å². The van der Waals surface area contributed by atoms with Crippen LogP contribution in [-0.2, 0) is 11.3 Å². The van der Waals surface area contributed by atoms with Gasteiger partial charge in [-0.3, -0.25) is 9.59 Å². The fourth-order valence-electron chi connectivity index (χ4n) is 4.26. The SMILES string of the molecule is CCn1c(C)c(C(=O)[C@H](C)N(C(=O)c2cccc(OC)c2)C2CC2)c(C)c1C(=O)OC. The number of methoxy groups -OCH3 is 2. The van der Waals surface area contributed by atoms with Gasteiger partial charge < -0.3 is 18.9 Å². The lowest BCUT2D eigenvalue weighted by molar-refractivity contribution is 0.0586. The number of rotatable bonds is 8. The number of aromatic nitrogens is 1. The first-order valence-corrected chi connectivity index (χ1v) is 10.6. The Kier molecular flexibility index (Phi) is 6.53. The second kappa shape index (κ2) is 8.96. The normalized spacial score (nSPS) is 14.1. The number of nitrogens with zero attached hydrogens (tertiary/aromatic N) is 2. The van der Waals surface area contributed by atoms with Crippen LogP contribution in [0.4, 0.5) is 0 Å². The molecule has 1 aromatic heterocycles. The molecule has 7 nitrogen and oxygen atoms in total. The van der Waals surface area contributed by atoms with Crippen LogP contribution in [0, 0.1) is 13.8 Å². The Morgan fingerprint density at radius 2 is 1.87 bits per heavy atom. The lowest BCUT2D eigenvalue weighted by atomic mass is 9.99. The summed E-state index contributed by atoms with van der Waals surface area (Å²) in [4.78, 5) is 41.0. The van der Waals surface area contributed by atoms with Crippen LogP contribution in [0.3, 0.4) is 0 Å². The molecule has 1 saturated carbocycles. The van der Waals surface area contributed by atoms with Gasteiger partial charge in [0.05, 0.1) is 20.3 Å². The number of amides is 1. The number of esters is 1. The Morgan fingerprint density at radius 1 is 1.19 bits per heavy atom. The first-order valence-electron chi connectivity index (χ1n) is 10.6. The van der Waals surface area contributed by atoms with Crippen LogP contribution in [0.5, 0.6) is 5.75 Å². The maximum absolute atomic E-state index is 13.6. The van der Waals surface area contributed by atoms with Gasteiger partial charge in [0.1, 0.15) is 11.4 Å². The highest BCUT2D eigenvalue weighted by Crippen LogP contribution is 2.33. The highest BCUT2D eigenvalue weighted by Gasteiger charge is 2.40. The quantitative estimate of drug-likeness (QED) is 0.474. The summed E-state index contributed by atoms with van der Waals surface area (Å²) in [5, 5.41) is 0. The third-order valence-corrected chi connectivity index (χ3v) is 6.00. The number of hydrogen-bond acceptors (Lipinski definition) is 5. The molecule has 2 aromatic rings. The molecule has 0 spiro atoms. The Hall–Kier alpha value is -3.09. The minimum absolute atomic E-state index is 0.0339. The average Bonchev–Trinajstić information content (AvgIpc) is 3.57. The molecular weight excluding hydrogens is 396 g/mol. The lowest BCUT2D eigenvalue weighted by Gasteiger charge is -2.29. The van der Waals surface area contributed by atoms with Gasteiger partial charge in [0.2, 0.25) is 0 Å². The summed E-state index contributed by atoms with van der Waals surface area (Å²) in [5.74, 6) is -0.244. The van der Waals surface area contributed by atoms with Gasteiger partial charge in [-0.2, -0.15) is 0 Å². The van der Waals surface area contributed by atoms with E-state index in [-0.39, 0.29) is 17.7 Å². The number of hydrogen-bond donors (Lipinski definition) is 0. The van der Waals surface area contributed by atoms with Crippen molar-refractivity contribution in [3.05, 3.63) is 52.3 Å². The molecule has 1 aromatic carbocycles. The summed E-state index contributed by atoms with van der Waals surface area (Å²) >= 11 is 0. The van der Waals surface area contributed by atoms with Crippen molar-refractivity contribution in [2.45, 2.75) is 59.2 Å². The van der Waals surface area contributed by atoms with Gasteiger partial charge in [-0.05, 0) is 64.3 Å². The summed E-state index contributed by atoms with van der Waals surface area (Å²) in [5.41, 5.74) is 2.66. The molecule has 7 heteroatoms. The minimum Gasteiger partial charge on any atom is -0.497 e. The van der Waals surface area contributed by atoms with Crippen molar-refractivity contribution in [2.75, 3.05) is 14.2 Å². The van der Waals surface area contributed by atoms with Gasteiger partial charge in [-0.15, -0.1) is 0 Å². The molecule has 3 rings (SSSR count). The van der Waals surface area contributed by atoms with Crippen molar-refractivity contribution in [1.29, 1.82) is 0 Å². The number of Topliss-reactive ketones (excluding diaryl/α,β-unsaturated/α-hetero) is 1. The molecule has 1 aliphatic rings. The van der Waals surface area contributed by atoms with Crippen molar-refractivity contribution in [2.24, 2.45) is 0 Å². The van der Waals surface area contributed by atoms with Crippen molar-refractivity contribution < 1.29 is 23.9 Å². The van der Waals surface area contributed by atoms with Gasteiger partial charge in [0, 0.05) is 29.4 Å². The third-order valence-electron chi connectivity index (χ3n) is 6.00. The average molecular weight is 427 g/mol. The summed E-state index contributed by atoms with van der Waals surface area (Å²) in [6.07, 6.45) is 1.74. The standard InChI is InChI=1S/C24H30N2O5/c1-7-25-15(3)20(14(2)21(25)24(29)31-6)22(27)16(4)26(18-11-12-18)23(28)17-9-8-10-19(13-17)30-5/h8-10,13,16,18H,7,11-12H2,1-6H3/t16-/m0/s1. The second-order valence-corrected chi connectivity index (χ2v) is 7.89. The molecule has 0 unspecified atom stereocenters. The molecular formula is C24H30N2O5. The molecule has 166 valence electrons. The molecule has 1 fully saturated rings. The zero-order valence-corrected chi connectivity index (χ0v) is 19.0. The van der Waals surface area contributed by atoms with Crippen LogP contribution in [0.1, 0.15) is 69.2 Å². The van der Waals surface area contributed by atoms with Crippen LogP contribution in [-0.4, -0.2) is 53.4 Å². The Morgan fingerprint density at radius 3 is 2.42 bits per heavy atom. The summed E-state index contributed by atoms with van der Waals surface area (Å²) in [6.45, 7) is 7.80. The van der Waals surface area contributed by atoms with Crippen molar-refractivity contribution >= 4 is 17.7 Å². The van der Waals surface area contributed by atoms with E-state index in [4.69, 9.17) is 9.47 Å². The van der Waals surface area contributed by atoms with E-state index in [1.165, 1.54) is 7.11 Å². The van der Waals surface area contributed by atoms with Crippen LogP contribution in [0.2, 0.25) is 0 Å². The maximum Gasteiger partial charge on any atom is 0.354 e. The molecule has 0 radical (unpaired) electrons. The Balaban J connectivity index is 1.99. The Bertz CT molecular complexity index is 1020. The summed E-state index contributed by atoms with van der Waals surface area (Å²) < 4.78 is 12.0. The maximum atomic E-state index is 13.6. The molecule has 1 amide bonds. The van der Waals surface area contributed by atoms with E-state index in [0.717, 1.165) is 12.8 Å². The highest BCUT2D eigenvalue weighted by molar-refractivity contribution is 6.07. The number of benzene rings is 1. The van der Waals surface area contributed by atoms with Gasteiger partial charge in [-0.25, -0.2) is 4.79 Å². The summed E-state index contributed by atoms with van der Waals surface area (Å²) in [6, 6.07) is 6.34. The van der Waals surface area contributed by atoms with Crippen molar-refractivity contribution in [1.82, 2.24) is 9.47 Å². The van der Waals surface area contributed by atoms with E-state index in [1.54, 1.807) is 54.7 Å². The van der Waals surface area contributed by atoms with E-state index in [9.17, 15) is 14.4 Å². The van der Waals surface area contributed by atoms with E-state index in [0.29, 0.717) is 40.4 Å². The van der Waals surface area contributed by atoms with Gasteiger partial charge in [-0.1, -0.05) is 6.07 Å². The number of carbonyl (C=O) groups excluding carboxylic acids is 3. The lowest BCUT2D eigenvalue weighted by Crippen LogP contribution is -2.45. The zero-order chi connectivity index (χ0) is 22.9. The van der Waals surface area contributed by atoms with Crippen LogP contribution < -0.4 is 4.74 Å². The molecule has 0 bridgehead atoms. The number of ether oxygens (including phenoxy) is 2. The van der Waals surface area contributed by atoms with Gasteiger partial charge in [0.25, 0.3) is 5.91 Å². The fraction of sp³-hybridized carbons (Fsp3) is 0.458. The number of carbonyl (C=O) groups is 3. The molecule has 0 saturated heterocycles. The predicted octanol–water partition coefficient (Wildman–Crippen LogP) is 3.80. The highest BCUT2D eigenvalue weighted by atomic mass is 16.5. The first-order chi connectivity index (χ1) is 14.8. The largest absolute Gasteiger partial charge is 0.497 e. The van der Waals surface area contributed by atoms with Crippen LogP contribution in [0.15, 0.2) is 24.3 Å².